The molecule has 2 aromatic rings. The zero-order valence-electron chi connectivity index (χ0n) is 12.9. The van der Waals surface area contributed by atoms with Gasteiger partial charge < -0.3 is 9.30 Å². The first kappa shape index (κ1) is 14.9. The topological polar surface area (TPSA) is 68.6 Å². The highest BCUT2D eigenvalue weighted by molar-refractivity contribution is 7.89. The van der Waals surface area contributed by atoms with Crippen LogP contribution in [0.1, 0.15) is 11.1 Å². The van der Waals surface area contributed by atoms with Crippen LogP contribution in [0.2, 0.25) is 0 Å². The second kappa shape index (κ2) is 5.15. The van der Waals surface area contributed by atoms with Crippen molar-refractivity contribution in [3.8, 4) is 0 Å². The van der Waals surface area contributed by atoms with Crippen molar-refractivity contribution < 1.29 is 13.2 Å². The van der Waals surface area contributed by atoms with Gasteiger partial charge in [-0.1, -0.05) is 0 Å². The van der Waals surface area contributed by atoms with E-state index in [4.69, 9.17) is 4.74 Å². The normalized spacial score (nSPS) is 18.7. The number of aromatic nitrogens is 1. The lowest BCUT2D eigenvalue weighted by Gasteiger charge is -2.26. The summed E-state index contributed by atoms with van der Waals surface area (Å²) in [6, 6.07) is 5.03. The zero-order valence-corrected chi connectivity index (χ0v) is 13.7. The molecule has 2 aliphatic heterocycles. The van der Waals surface area contributed by atoms with Gasteiger partial charge in [0.25, 0.3) is 5.56 Å². The lowest BCUT2D eigenvalue weighted by atomic mass is 10.1. The number of rotatable bonds is 2. The number of aryl methyl sites for hydroxylation is 3. The Labute approximate surface area is 134 Å². The fourth-order valence-corrected chi connectivity index (χ4v) is 4.95. The molecule has 0 radical (unpaired) electrons. The Balaban J connectivity index is 1.92. The molecule has 122 valence electrons. The molecule has 1 saturated heterocycles. The first-order valence-electron chi connectivity index (χ1n) is 7.73. The van der Waals surface area contributed by atoms with Crippen molar-refractivity contribution in [1.82, 2.24) is 8.87 Å². The summed E-state index contributed by atoms with van der Waals surface area (Å²) in [6.07, 6.45) is 0.696. The maximum atomic E-state index is 12.9. The first-order valence-corrected chi connectivity index (χ1v) is 9.17. The second-order valence-corrected chi connectivity index (χ2v) is 8.00. The number of hydrogen-bond donors (Lipinski definition) is 0. The fourth-order valence-electron chi connectivity index (χ4n) is 3.47. The third-order valence-electron chi connectivity index (χ3n) is 4.68. The van der Waals surface area contributed by atoms with Gasteiger partial charge in [0.2, 0.25) is 10.0 Å². The minimum atomic E-state index is -3.52. The standard InChI is InChI=1S/C16H18N2O4S/c1-11-8-15(19)18-3-2-12-9-13(10-14(11)16(12)18)23(20,21)17-4-6-22-7-5-17/h8-10H,2-7H2,1H3. The minimum absolute atomic E-state index is 0.0162. The van der Waals surface area contributed by atoms with Gasteiger partial charge in [-0.25, -0.2) is 8.42 Å². The minimum Gasteiger partial charge on any atom is -0.379 e. The van der Waals surface area contributed by atoms with Crippen molar-refractivity contribution in [3.05, 3.63) is 39.7 Å². The van der Waals surface area contributed by atoms with Crippen molar-refractivity contribution in [2.75, 3.05) is 26.3 Å². The molecule has 0 spiro atoms. The van der Waals surface area contributed by atoms with E-state index in [1.54, 1.807) is 22.8 Å². The Morgan fingerprint density at radius 2 is 1.83 bits per heavy atom. The number of nitrogens with zero attached hydrogens (tertiary/aromatic N) is 2. The third kappa shape index (κ3) is 2.22. The highest BCUT2D eigenvalue weighted by Gasteiger charge is 2.28. The van der Waals surface area contributed by atoms with Crippen LogP contribution >= 0.6 is 0 Å². The number of sulfonamides is 1. The van der Waals surface area contributed by atoms with Gasteiger partial charge in [0.15, 0.2) is 0 Å². The smallest absolute Gasteiger partial charge is 0.251 e. The highest BCUT2D eigenvalue weighted by Crippen LogP contribution is 2.30. The van der Waals surface area contributed by atoms with E-state index >= 15 is 0 Å². The molecule has 0 saturated carbocycles. The van der Waals surface area contributed by atoms with Crippen LogP contribution in [0.4, 0.5) is 0 Å². The van der Waals surface area contributed by atoms with Crippen LogP contribution in [0.15, 0.2) is 27.9 Å². The van der Waals surface area contributed by atoms with E-state index in [0.29, 0.717) is 44.2 Å². The molecule has 0 unspecified atom stereocenters. The van der Waals surface area contributed by atoms with Gasteiger partial charge in [-0.05, 0) is 36.6 Å². The van der Waals surface area contributed by atoms with Crippen LogP contribution in [-0.2, 0) is 27.7 Å². The molecule has 0 amide bonds. The van der Waals surface area contributed by atoms with E-state index in [9.17, 15) is 13.2 Å². The zero-order chi connectivity index (χ0) is 16.2. The Bertz CT molecular complexity index is 956. The van der Waals surface area contributed by atoms with Gasteiger partial charge in [-0.3, -0.25) is 4.79 Å². The van der Waals surface area contributed by atoms with Gasteiger partial charge >= 0.3 is 0 Å². The summed E-state index contributed by atoms with van der Waals surface area (Å²) in [4.78, 5) is 12.4. The molecule has 7 heteroatoms. The van der Waals surface area contributed by atoms with E-state index in [1.807, 2.05) is 6.92 Å². The summed E-state index contributed by atoms with van der Waals surface area (Å²) >= 11 is 0. The van der Waals surface area contributed by atoms with Crippen molar-refractivity contribution in [3.63, 3.8) is 0 Å². The summed E-state index contributed by atoms with van der Waals surface area (Å²) in [6.45, 7) is 4.10. The third-order valence-corrected chi connectivity index (χ3v) is 6.55. The van der Waals surface area contributed by atoms with Crippen LogP contribution in [0.3, 0.4) is 0 Å². The predicted molar refractivity (Wildman–Crippen MR) is 86.2 cm³/mol. The van der Waals surface area contributed by atoms with Crippen molar-refractivity contribution >= 4 is 20.9 Å². The molecule has 0 atom stereocenters. The molecule has 1 fully saturated rings. The lowest BCUT2D eigenvalue weighted by Crippen LogP contribution is -2.40. The van der Waals surface area contributed by atoms with E-state index < -0.39 is 10.0 Å². The van der Waals surface area contributed by atoms with E-state index in [-0.39, 0.29) is 5.56 Å². The van der Waals surface area contributed by atoms with Crippen LogP contribution in [0.25, 0.3) is 10.9 Å². The van der Waals surface area contributed by atoms with Gasteiger partial charge in [-0.2, -0.15) is 4.31 Å². The summed E-state index contributed by atoms with van der Waals surface area (Å²) in [5.41, 5.74) is 2.63. The van der Waals surface area contributed by atoms with Crippen molar-refractivity contribution in [2.24, 2.45) is 0 Å². The van der Waals surface area contributed by atoms with E-state index in [1.165, 1.54) is 4.31 Å². The van der Waals surface area contributed by atoms with Crippen molar-refractivity contribution in [1.29, 1.82) is 0 Å². The van der Waals surface area contributed by atoms with Gasteiger partial charge in [-0.15, -0.1) is 0 Å². The molecule has 4 rings (SSSR count). The quantitative estimate of drug-likeness (QED) is 0.818. The van der Waals surface area contributed by atoms with Gasteiger partial charge in [0.1, 0.15) is 0 Å². The average Bonchev–Trinajstić information content (AvgIpc) is 2.98. The summed E-state index contributed by atoms with van der Waals surface area (Å²) < 4.78 is 34.3. The second-order valence-electron chi connectivity index (χ2n) is 6.06. The Morgan fingerprint density at radius 1 is 1.09 bits per heavy atom. The molecule has 1 aromatic carbocycles. The molecular formula is C16H18N2O4S. The summed E-state index contributed by atoms with van der Waals surface area (Å²) in [7, 11) is -3.52. The van der Waals surface area contributed by atoms with Crippen molar-refractivity contribution in [2.45, 2.75) is 24.8 Å². The summed E-state index contributed by atoms with van der Waals surface area (Å²) in [5.74, 6) is 0. The van der Waals surface area contributed by atoms with Crippen LogP contribution in [0, 0.1) is 6.92 Å². The molecule has 0 bridgehead atoms. The fraction of sp³-hybridized carbons (Fsp3) is 0.438. The predicted octanol–water partition coefficient (Wildman–Crippen LogP) is 0.887. The molecule has 3 heterocycles. The molecule has 0 N–H and O–H groups in total. The Morgan fingerprint density at radius 3 is 2.57 bits per heavy atom. The number of morpholine rings is 1. The van der Waals surface area contributed by atoms with E-state index in [0.717, 1.165) is 22.0 Å². The molecular weight excluding hydrogens is 316 g/mol. The Hall–Kier alpha value is -1.70. The van der Waals surface area contributed by atoms with Gasteiger partial charge in [0, 0.05) is 31.1 Å². The maximum absolute atomic E-state index is 12.9. The number of ether oxygens (including phenoxy) is 1. The van der Waals surface area contributed by atoms with E-state index in [2.05, 4.69) is 0 Å². The Kier molecular flexibility index (Phi) is 3.33. The molecule has 6 nitrogen and oxygen atoms in total. The maximum Gasteiger partial charge on any atom is 0.251 e. The number of hydrogen-bond acceptors (Lipinski definition) is 4. The molecule has 23 heavy (non-hydrogen) atoms. The molecule has 0 aliphatic carbocycles. The largest absolute Gasteiger partial charge is 0.379 e. The first-order chi connectivity index (χ1) is 11.0. The van der Waals surface area contributed by atoms with Crippen LogP contribution in [0.5, 0.6) is 0 Å². The monoisotopic (exact) mass is 334 g/mol. The SMILES string of the molecule is Cc1cc(=O)n2c3c(cc(S(=O)(=O)N4CCOCC4)cc13)CC2. The average molecular weight is 334 g/mol. The molecule has 2 aliphatic rings. The van der Waals surface area contributed by atoms with Crippen LogP contribution in [-0.4, -0.2) is 43.6 Å². The number of pyridine rings is 1. The summed E-state index contributed by atoms with van der Waals surface area (Å²) in [5, 5.41) is 0.853. The highest BCUT2D eigenvalue weighted by atomic mass is 32.2. The number of benzene rings is 1. The molecule has 1 aromatic heterocycles. The lowest BCUT2D eigenvalue weighted by molar-refractivity contribution is 0.0730. The van der Waals surface area contributed by atoms with Crippen LogP contribution < -0.4 is 5.56 Å². The van der Waals surface area contributed by atoms with Gasteiger partial charge in [0.05, 0.1) is 23.6 Å².